The maximum Gasteiger partial charge on any atom is 0.194 e. The van der Waals surface area contributed by atoms with Crippen LogP contribution in [0.2, 0.25) is 5.02 Å². The highest BCUT2D eigenvalue weighted by Crippen LogP contribution is 2.33. The van der Waals surface area contributed by atoms with Crippen LogP contribution in [0.25, 0.3) is 0 Å². The minimum absolute atomic E-state index is 0.0453. The molecule has 3 nitrogen and oxygen atoms in total. The maximum absolute atomic E-state index is 6.18. The summed E-state index contributed by atoms with van der Waals surface area (Å²) < 4.78 is 0. The second kappa shape index (κ2) is 7.91. The van der Waals surface area contributed by atoms with Crippen molar-refractivity contribution in [2.24, 2.45) is 5.10 Å². The Balaban J connectivity index is 1.66. The molecule has 0 saturated heterocycles. The molecule has 5 heteroatoms. The third-order valence-corrected chi connectivity index (χ3v) is 5.01. The summed E-state index contributed by atoms with van der Waals surface area (Å²) in [6.07, 6.45) is 0.765. The van der Waals surface area contributed by atoms with Crippen LogP contribution in [0.3, 0.4) is 0 Å². The van der Waals surface area contributed by atoms with Crippen LogP contribution in [0, 0.1) is 0 Å². The molecule has 0 unspecified atom stereocenters. The number of hydrogen-bond donors (Lipinski definition) is 1. The number of halogens is 1. The average molecular weight is 392 g/mol. The van der Waals surface area contributed by atoms with Crippen LogP contribution in [-0.4, -0.2) is 15.8 Å². The summed E-state index contributed by atoms with van der Waals surface area (Å²) in [6.45, 7) is 0. The first-order valence-corrected chi connectivity index (χ1v) is 9.53. The van der Waals surface area contributed by atoms with E-state index in [1.54, 1.807) is 0 Å². The minimum atomic E-state index is 0.0453. The second-order valence-corrected chi connectivity index (χ2v) is 7.15. The van der Waals surface area contributed by atoms with Gasteiger partial charge in [-0.25, -0.2) is 5.01 Å². The molecule has 0 saturated carbocycles. The van der Waals surface area contributed by atoms with Gasteiger partial charge in [0.05, 0.1) is 11.8 Å². The van der Waals surface area contributed by atoms with E-state index in [1.807, 2.05) is 77.8 Å². The lowest BCUT2D eigenvalue weighted by Crippen LogP contribution is -2.31. The molecule has 1 heterocycles. The molecule has 4 rings (SSSR count). The summed E-state index contributed by atoms with van der Waals surface area (Å²) >= 11 is 11.9. The number of para-hydroxylation sites is 1. The van der Waals surface area contributed by atoms with Gasteiger partial charge in [-0.05, 0) is 47.6 Å². The Kier molecular flexibility index (Phi) is 5.19. The van der Waals surface area contributed by atoms with Gasteiger partial charge in [0.1, 0.15) is 0 Å². The number of anilines is 1. The van der Waals surface area contributed by atoms with E-state index in [-0.39, 0.29) is 6.04 Å². The molecule has 0 aliphatic carbocycles. The molecule has 0 aromatic heterocycles. The molecule has 0 radical (unpaired) electrons. The predicted molar refractivity (Wildman–Crippen MR) is 116 cm³/mol. The van der Waals surface area contributed by atoms with E-state index in [2.05, 4.69) is 17.4 Å². The number of hydrazone groups is 1. The lowest BCUT2D eigenvalue weighted by Gasteiger charge is -2.24. The summed E-state index contributed by atoms with van der Waals surface area (Å²) in [4.78, 5) is 0. The monoisotopic (exact) mass is 391 g/mol. The van der Waals surface area contributed by atoms with Gasteiger partial charge < -0.3 is 5.32 Å². The topological polar surface area (TPSA) is 27.6 Å². The van der Waals surface area contributed by atoms with Crippen molar-refractivity contribution >= 4 is 40.3 Å². The van der Waals surface area contributed by atoms with Gasteiger partial charge in [-0.1, -0.05) is 72.3 Å². The third kappa shape index (κ3) is 4.02. The van der Waals surface area contributed by atoms with Crippen molar-refractivity contribution in [1.82, 2.24) is 5.01 Å². The van der Waals surface area contributed by atoms with Crippen LogP contribution in [0.4, 0.5) is 5.69 Å². The van der Waals surface area contributed by atoms with Crippen molar-refractivity contribution in [3.8, 4) is 0 Å². The van der Waals surface area contributed by atoms with E-state index in [0.717, 1.165) is 23.4 Å². The van der Waals surface area contributed by atoms with E-state index in [1.165, 1.54) is 5.56 Å². The van der Waals surface area contributed by atoms with Gasteiger partial charge in [0.15, 0.2) is 5.11 Å². The van der Waals surface area contributed by atoms with E-state index in [0.29, 0.717) is 10.1 Å². The number of benzene rings is 3. The number of rotatable bonds is 3. The van der Waals surface area contributed by atoms with Crippen LogP contribution >= 0.6 is 23.8 Å². The van der Waals surface area contributed by atoms with Crippen molar-refractivity contribution in [3.05, 3.63) is 101 Å². The van der Waals surface area contributed by atoms with E-state index < -0.39 is 0 Å². The quantitative estimate of drug-likeness (QED) is 0.564. The lowest BCUT2D eigenvalue weighted by atomic mass is 9.99. The zero-order chi connectivity index (χ0) is 18.6. The highest BCUT2D eigenvalue weighted by atomic mass is 35.5. The van der Waals surface area contributed by atoms with Gasteiger partial charge in [-0.15, -0.1) is 0 Å². The lowest BCUT2D eigenvalue weighted by molar-refractivity contribution is 0.375. The molecule has 3 aromatic carbocycles. The zero-order valence-electron chi connectivity index (χ0n) is 14.5. The summed E-state index contributed by atoms with van der Waals surface area (Å²) in [5.74, 6) is 0. The molecule has 0 bridgehead atoms. The Morgan fingerprint density at radius 3 is 2.37 bits per heavy atom. The molecule has 3 aromatic rings. The maximum atomic E-state index is 6.18. The highest BCUT2D eigenvalue weighted by Gasteiger charge is 2.31. The van der Waals surface area contributed by atoms with Gasteiger partial charge in [-0.3, -0.25) is 0 Å². The van der Waals surface area contributed by atoms with E-state index >= 15 is 0 Å². The largest absolute Gasteiger partial charge is 0.331 e. The Morgan fingerprint density at radius 1 is 0.963 bits per heavy atom. The van der Waals surface area contributed by atoms with Crippen LogP contribution in [0.5, 0.6) is 0 Å². The fourth-order valence-electron chi connectivity index (χ4n) is 3.18. The molecule has 0 fully saturated rings. The fourth-order valence-corrected chi connectivity index (χ4v) is 3.65. The molecule has 1 atom stereocenters. The zero-order valence-corrected chi connectivity index (χ0v) is 16.1. The molecular weight excluding hydrogens is 374 g/mol. The molecule has 1 aliphatic heterocycles. The summed E-state index contributed by atoms with van der Waals surface area (Å²) in [5, 5.41) is 11.3. The van der Waals surface area contributed by atoms with Gasteiger partial charge in [-0.2, -0.15) is 5.10 Å². The Labute approximate surface area is 169 Å². The molecule has 0 spiro atoms. The van der Waals surface area contributed by atoms with Gasteiger partial charge in [0.2, 0.25) is 0 Å². The van der Waals surface area contributed by atoms with Gasteiger partial charge >= 0.3 is 0 Å². The second-order valence-electron chi connectivity index (χ2n) is 6.33. The SMILES string of the molecule is S=C(Nc1ccccc1)N1N=C(c2cccc(Cl)c2)C[C@H]1c1ccccc1. The van der Waals surface area contributed by atoms with Gasteiger partial charge in [0, 0.05) is 17.1 Å². The Morgan fingerprint density at radius 2 is 1.67 bits per heavy atom. The van der Waals surface area contributed by atoms with Crippen LogP contribution in [0.1, 0.15) is 23.6 Å². The number of hydrogen-bond acceptors (Lipinski definition) is 2. The van der Waals surface area contributed by atoms with Gasteiger partial charge in [0.25, 0.3) is 0 Å². The van der Waals surface area contributed by atoms with Crippen molar-refractivity contribution in [2.75, 3.05) is 5.32 Å². The number of nitrogens with zero attached hydrogens (tertiary/aromatic N) is 2. The van der Waals surface area contributed by atoms with Crippen molar-refractivity contribution in [1.29, 1.82) is 0 Å². The minimum Gasteiger partial charge on any atom is -0.331 e. The predicted octanol–water partition coefficient (Wildman–Crippen LogP) is 5.89. The number of nitrogens with one attached hydrogen (secondary N) is 1. The summed E-state index contributed by atoms with van der Waals surface area (Å²) in [5.41, 5.74) is 4.12. The molecule has 27 heavy (non-hydrogen) atoms. The first-order chi connectivity index (χ1) is 13.2. The third-order valence-electron chi connectivity index (χ3n) is 4.49. The molecule has 1 N–H and O–H groups in total. The molecule has 1 aliphatic rings. The Hall–Kier alpha value is -2.69. The smallest absolute Gasteiger partial charge is 0.194 e. The summed E-state index contributed by atoms with van der Waals surface area (Å²) in [6, 6.07) is 28.1. The van der Waals surface area contributed by atoms with Crippen molar-refractivity contribution < 1.29 is 0 Å². The van der Waals surface area contributed by atoms with Crippen LogP contribution in [-0.2, 0) is 0 Å². The fraction of sp³-hybridized carbons (Fsp3) is 0.0909. The number of thiocarbonyl (C=S) groups is 1. The Bertz CT molecular complexity index is 973. The normalized spacial score (nSPS) is 16.1. The first kappa shape index (κ1) is 17.7. The first-order valence-electron chi connectivity index (χ1n) is 8.74. The van der Waals surface area contributed by atoms with Crippen molar-refractivity contribution in [3.63, 3.8) is 0 Å². The van der Waals surface area contributed by atoms with Crippen molar-refractivity contribution in [2.45, 2.75) is 12.5 Å². The highest BCUT2D eigenvalue weighted by molar-refractivity contribution is 7.80. The van der Waals surface area contributed by atoms with Crippen LogP contribution < -0.4 is 5.32 Å². The standard InChI is InChI=1S/C22H18ClN3S/c23-18-11-7-10-17(14-18)20-15-21(16-8-3-1-4-9-16)26(25-20)22(27)24-19-12-5-2-6-13-19/h1-14,21H,15H2,(H,24,27)/t21-/m0/s1. The molecule has 134 valence electrons. The molecular formula is C22H18ClN3S. The molecule has 0 amide bonds. The van der Waals surface area contributed by atoms with Crippen LogP contribution in [0.15, 0.2) is 90.0 Å². The van der Waals surface area contributed by atoms with E-state index in [4.69, 9.17) is 28.9 Å². The average Bonchev–Trinajstić information content (AvgIpc) is 3.15. The summed E-state index contributed by atoms with van der Waals surface area (Å²) in [7, 11) is 0. The van der Waals surface area contributed by atoms with E-state index in [9.17, 15) is 0 Å².